The number of nitrogens with one attached hydrogen (secondary N) is 1. The quantitative estimate of drug-likeness (QED) is 0.891. The van der Waals surface area contributed by atoms with Crippen molar-refractivity contribution < 1.29 is 4.79 Å². The van der Waals surface area contributed by atoms with Crippen LogP contribution in [0.4, 0.5) is 0 Å². The van der Waals surface area contributed by atoms with Crippen molar-refractivity contribution in [2.45, 2.75) is 26.7 Å². The van der Waals surface area contributed by atoms with E-state index in [1.165, 1.54) is 0 Å². The highest BCUT2D eigenvalue weighted by molar-refractivity contribution is 5.96. The minimum absolute atomic E-state index is 0.0801. The Balaban J connectivity index is 1.54. The maximum atomic E-state index is 12.9. The van der Waals surface area contributed by atoms with Crippen molar-refractivity contribution in [3.05, 3.63) is 34.7 Å². The fourth-order valence-corrected chi connectivity index (χ4v) is 4.51. The van der Waals surface area contributed by atoms with Gasteiger partial charge in [-0.05, 0) is 33.9 Å². The molecule has 1 unspecified atom stereocenters. The van der Waals surface area contributed by atoms with Crippen LogP contribution in [0.25, 0.3) is 0 Å². The van der Waals surface area contributed by atoms with E-state index >= 15 is 0 Å². The van der Waals surface area contributed by atoms with Gasteiger partial charge in [-0.25, -0.2) is 4.98 Å². The summed E-state index contributed by atoms with van der Waals surface area (Å²) in [6.45, 7) is 9.47. The third-order valence-electron chi connectivity index (χ3n) is 6.05. The summed E-state index contributed by atoms with van der Waals surface area (Å²) < 4.78 is 2.07. The zero-order valence-corrected chi connectivity index (χ0v) is 15.6. The number of carbonyl (C=O) groups is 1. The maximum absolute atomic E-state index is 12.9. The third kappa shape index (κ3) is 2.40. The number of hydrogen-bond acceptors (Lipinski definition) is 4. The number of aromatic amines is 1. The molecule has 7 heteroatoms. The topological polar surface area (TPSA) is 70.1 Å². The number of amides is 1. The standard InChI is InChI=1S/C18H26N6O/c1-11-6-14(12(2)23(11)5)17(25)24-9-18(10-24)8-22(4)7-15(18)16-19-13(3)20-21-16/h6,15H,7-10H2,1-5H3,(H,19,20,21). The van der Waals surface area contributed by atoms with Gasteiger partial charge in [-0.3, -0.25) is 9.89 Å². The van der Waals surface area contributed by atoms with Crippen LogP contribution in [0.1, 0.15) is 39.3 Å². The largest absolute Gasteiger partial charge is 0.351 e. The number of H-pyrrole nitrogens is 1. The Morgan fingerprint density at radius 2 is 1.96 bits per heavy atom. The third-order valence-corrected chi connectivity index (χ3v) is 6.05. The van der Waals surface area contributed by atoms with Crippen molar-refractivity contribution in [2.24, 2.45) is 12.5 Å². The molecule has 4 rings (SSSR count). The zero-order valence-electron chi connectivity index (χ0n) is 15.6. The first-order valence-corrected chi connectivity index (χ1v) is 8.80. The summed E-state index contributed by atoms with van der Waals surface area (Å²) in [6, 6.07) is 2.00. The first kappa shape index (κ1) is 16.3. The van der Waals surface area contributed by atoms with Crippen LogP contribution in [0.2, 0.25) is 0 Å². The van der Waals surface area contributed by atoms with Crippen LogP contribution in [0.15, 0.2) is 6.07 Å². The van der Waals surface area contributed by atoms with Gasteiger partial charge in [0.1, 0.15) is 5.82 Å². The Morgan fingerprint density at radius 1 is 1.24 bits per heavy atom. The molecule has 2 saturated heterocycles. The second-order valence-corrected chi connectivity index (χ2v) is 7.90. The lowest BCUT2D eigenvalue weighted by Gasteiger charge is -2.50. The number of hydrogen-bond donors (Lipinski definition) is 1. The molecule has 0 bridgehead atoms. The number of likely N-dealkylation sites (N-methyl/N-ethyl adjacent to an activating group) is 1. The normalized spacial score (nSPS) is 22.6. The van der Waals surface area contributed by atoms with E-state index in [0.29, 0.717) is 0 Å². The lowest BCUT2D eigenvalue weighted by atomic mass is 9.71. The van der Waals surface area contributed by atoms with Gasteiger partial charge in [0.2, 0.25) is 0 Å². The molecule has 134 valence electrons. The van der Waals surface area contributed by atoms with Gasteiger partial charge in [-0.1, -0.05) is 0 Å². The van der Waals surface area contributed by atoms with Gasteiger partial charge >= 0.3 is 0 Å². The summed E-state index contributed by atoms with van der Waals surface area (Å²) in [4.78, 5) is 21.8. The number of rotatable bonds is 2. The van der Waals surface area contributed by atoms with Crippen LogP contribution in [0.3, 0.4) is 0 Å². The van der Waals surface area contributed by atoms with E-state index in [1.54, 1.807) is 0 Å². The monoisotopic (exact) mass is 342 g/mol. The lowest BCUT2D eigenvalue weighted by molar-refractivity contribution is 0.00294. The molecule has 0 saturated carbocycles. The molecular weight excluding hydrogens is 316 g/mol. The predicted octanol–water partition coefficient (Wildman–Crippen LogP) is 1.24. The van der Waals surface area contributed by atoms with Crippen molar-refractivity contribution in [3.8, 4) is 0 Å². The summed E-state index contributed by atoms with van der Waals surface area (Å²) in [5.41, 5.74) is 3.06. The molecule has 1 amide bonds. The summed E-state index contributed by atoms with van der Waals surface area (Å²) in [6.07, 6.45) is 0. The van der Waals surface area contributed by atoms with Gasteiger partial charge in [0.25, 0.3) is 5.91 Å². The minimum atomic E-state index is 0.0801. The summed E-state index contributed by atoms with van der Waals surface area (Å²) in [5, 5.41) is 7.36. The summed E-state index contributed by atoms with van der Waals surface area (Å²) in [5.74, 6) is 2.17. The average molecular weight is 342 g/mol. The maximum Gasteiger partial charge on any atom is 0.255 e. The number of likely N-dealkylation sites (tertiary alicyclic amines) is 2. The van der Waals surface area contributed by atoms with E-state index in [4.69, 9.17) is 0 Å². The molecule has 0 aliphatic carbocycles. The van der Waals surface area contributed by atoms with Gasteiger partial charge in [-0.15, -0.1) is 0 Å². The van der Waals surface area contributed by atoms with Crippen molar-refractivity contribution >= 4 is 5.91 Å². The molecular formula is C18H26N6O. The predicted molar refractivity (Wildman–Crippen MR) is 94.6 cm³/mol. The van der Waals surface area contributed by atoms with E-state index < -0.39 is 0 Å². The van der Waals surface area contributed by atoms with E-state index in [-0.39, 0.29) is 17.2 Å². The minimum Gasteiger partial charge on any atom is -0.351 e. The molecule has 0 radical (unpaired) electrons. The van der Waals surface area contributed by atoms with Gasteiger partial charge in [-0.2, -0.15) is 5.10 Å². The van der Waals surface area contributed by atoms with Crippen LogP contribution in [-0.4, -0.2) is 68.7 Å². The second-order valence-electron chi connectivity index (χ2n) is 7.90. The molecule has 25 heavy (non-hydrogen) atoms. The van der Waals surface area contributed by atoms with Crippen LogP contribution >= 0.6 is 0 Å². The van der Waals surface area contributed by atoms with Crippen molar-refractivity contribution in [1.82, 2.24) is 29.5 Å². The van der Waals surface area contributed by atoms with E-state index in [1.807, 2.05) is 38.8 Å². The van der Waals surface area contributed by atoms with Gasteiger partial charge < -0.3 is 14.4 Å². The van der Waals surface area contributed by atoms with Crippen LogP contribution in [0, 0.1) is 26.2 Å². The highest BCUT2D eigenvalue weighted by Crippen LogP contribution is 2.48. The molecule has 2 aromatic rings. The molecule has 1 spiro atoms. The fourth-order valence-electron chi connectivity index (χ4n) is 4.51. The fraction of sp³-hybridized carbons (Fsp3) is 0.611. The highest BCUT2D eigenvalue weighted by Gasteiger charge is 2.56. The van der Waals surface area contributed by atoms with E-state index in [0.717, 1.165) is 54.8 Å². The molecule has 2 aliphatic rings. The molecule has 7 nitrogen and oxygen atoms in total. The lowest BCUT2D eigenvalue weighted by Crippen LogP contribution is -2.61. The second kappa shape index (κ2) is 5.42. The van der Waals surface area contributed by atoms with Crippen LogP contribution < -0.4 is 0 Å². The highest BCUT2D eigenvalue weighted by atomic mass is 16.2. The first-order valence-electron chi connectivity index (χ1n) is 8.80. The molecule has 4 heterocycles. The van der Waals surface area contributed by atoms with Crippen molar-refractivity contribution in [1.29, 1.82) is 0 Å². The first-order chi connectivity index (χ1) is 11.8. The van der Waals surface area contributed by atoms with Crippen LogP contribution in [-0.2, 0) is 7.05 Å². The number of aryl methyl sites for hydroxylation is 2. The van der Waals surface area contributed by atoms with E-state index in [2.05, 4.69) is 31.7 Å². The van der Waals surface area contributed by atoms with Crippen molar-refractivity contribution in [3.63, 3.8) is 0 Å². The Morgan fingerprint density at radius 3 is 2.52 bits per heavy atom. The van der Waals surface area contributed by atoms with Gasteiger partial charge in [0.15, 0.2) is 5.82 Å². The van der Waals surface area contributed by atoms with Gasteiger partial charge in [0, 0.05) is 55.9 Å². The van der Waals surface area contributed by atoms with E-state index in [9.17, 15) is 4.79 Å². The molecule has 1 N–H and O–H groups in total. The summed E-state index contributed by atoms with van der Waals surface area (Å²) in [7, 11) is 4.14. The number of aromatic nitrogens is 4. The molecule has 1 atom stereocenters. The number of carbonyl (C=O) groups excluding carboxylic acids is 1. The van der Waals surface area contributed by atoms with Crippen LogP contribution in [0.5, 0.6) is 0 Å². The Labute approximate surface area is 148 Å². The Hall–Kier alpha value is -2.15. The Bertz CT molecular complexity index is 829. The average Bonchev–Trinajstić information content (AvgIpc) is 3.17. The SMILES string of the molecule is Cc1nc(C2CN(C)CC23CN(C(=O)c2cc(C)n(C)c2C)C3)n[nH]1. The molecule has 2 aromatic heterocycles. The Kier molecular flexibility index (Phi) is 3.54. The smallest absolute Gasteiger partial charge is 0.255 e. The zero-order chi connectivity index (χ0) is 17.9. The van der Waals surface area contributed by atoms with Crippen molar-refractivity contribution in [2.75, 3.05) is 33.2 Å². The van der Waals surface area contributed by atoms with Gasteiger partial charge in [0.05, 0.1) is 5.56 Å². The molecule has 0 aromatic carbocycles. The molecule has 2 aliphatic heterocycles. The molecule has 2 fully saturated rings. The number of nitrogens with zero attached hydrogens (tertiary/aromatic N) is 5. The summed E-state index contributed by atoms with van der Waals surface area (Å²) >= 11 is 0.